The van der Waals surface area contributed by atoms with Gasteiger partial charge in [0.1, 0.15) is 23.6 Å². The first-order chi connectivity index (χ1) is 20.0. The van der Waals surface area contributed by atoms with Gasteiger partial charge in [-0.1, -0.05) is 25.6 Å². The minimum atomic E-state index is -0.284. The standard InChI is InChI=1S/C30H37N7O4/c1-5-30(38)34-23-17-24(27(40-4)18-26(23)36-13-11-35(6-2)12-14-36)33-28-19-29(32-20-31-28)37-25(10-15-41-37)21-8-7-9-22(16-21)39-3/h5,7-9,16-20,25H,1,6,10-15H2,2-4H3,(H,34,38)(H,31,32,33)/t25-/m1/s1. The average molecular weight is 560 g/mol. The zero-order valence-corrected chi connectivity index (χ0v) is 23.8. The number of benzene rings is 2. The second-order valence-electron chi connectivity index (χ2n) is 9.81. The number of ether oxygens (including phenoxy) is 2. The number of anilines is 5. The predicted molar refractivity (Wildman–Crippen MR) is 160 cm³/mol. The van der Waals surface area contributed by atoms with Crippen LogP contribution in [0.1, 0.15) is 24.9 Å². The largest absolute Gasteiger partial charge is 0.497 e. The fourth-order valence-electron chi connectivity index (χ4n) is 5.21. The van der Waals surface area contributed by atoms with Crippen molar-refractivity contribution in [2.75, 3.05) is 74.1 Å². The molecule has 2 N–H and O–H groups in total. The molecule has 11 nitrogen and oxygen atoms in total. The van der Waals surface area contributed by atoms with E-state index >= 15 is 0 Å². The van der Waals surface area contributed by atoms with Crippen molar-refractivity contribution < 1.29 is 19.1 Å². The van der Waals surface area contributed by atoms with Gasteiger partial charge in [0.2, 0.25) is 5.91 Å². The minimum Gasteiger partial charge on any atom is -0.497 e. The molecule has 3 heterocycles. The monoisotopic (exact) mass is 559 g/mol. The molecule has 0 bridgehead atoms. The van der Waals surface area contributed by atoms with Crippen LogP contribution in [0.15, 0.2) is 61.4 Å². The van der Waals surface area contributed by atoms with Crippen molar-refractivity contribution in [3.05, 3.63) is 67.0 Å². The zero-order chi connectivity index (χ0) is 28.8. The molecule has 216 valence electrons. The van der Waals surface area contributed by atoms with E-state index in [2.05, 4.69) is 50.0 Å². The third-order valence-electron chi connectivity index (χ3n) is 7.45. The summed E-state index contributed by atoms with van der Waals surface area (Å²) in [7, 11) is 3.29. The molecule has 11 heteroatoms. The highest BCUT2D eigenvalue weighted by atomic mass is 16.7. The van der Waals surface area contributed by atoms with Crippen molar-refractivity contribution in [1.82, 2.24) is 14.9 Å². The Morgan fingerprint density at radius 2 is 1.93 bits per heavy atom. The van der Waals surface area contributed by atoms with E-state index in [-0.39, 0.29) is 11.9 Å². The number of nitrogens with zero attached hydrogens (tertiary/aromatic N) is 5. The first-order valence-electron chi connectivity index (χ1n) is 13.8. The quantitative estimate of drug-likeness (QED) is 0.348. The van der Waals surface area contributed by atoms with Crippen LogP contribution >= 0.6 is 0 Å². The summed E-state index contributed by atoms with van der Waals surface area (Å²) in [5, 5.41) is 8.14. The lowest BCUT2D eigenvalue weighted by Gasteiger charge is -2.36. The van der Waals surface area contributed by atoms with Crippen LogP contribution < -0.4 is 30.1 Å². The second kappa shape index (κ2) is 12.9. The van der Waals surface area contributed by atoms with Crippen LogP contribution in [0.5, 0.6) is 11.5 Å². The highest BCUT2D eigenvalue weighted by molar-refractivity contribution is 6.02. The molecule has 0 unspecified atom stereocenters. The molecule has 1 atom stereocenters. The van der Waals surface area contributed by atoms with Crippen LogP contribution in [0.4, 0.5) is 28.7 Å². The normalized spacial score (nSPS) is 17.3. The van der Waals surface area contributed by atoms with Crippen LogP contribution in [0.25, 0.3) is 0 Å². The van der Waals surface area contributed by atoms with Crippen molar-refractivity contribution in [1.29, 1.82) is 0 Å². The number of rotatable bonds is 10. The maximum Gasteiger partial charge on any atom is 0.247 e. The van der Waals surface area contributed by atoms with E-state index in [1.54, 1.807) is 14.2 Å². The number of hydroxylamine groups is 1. The molecule has 2 aliphatic heterocycles. The first-order valence-corrected chi connectivity index (χ1v) is 13.8. The van der Waals surface area contributed by atoms with Gasteiger partial charge >= 0.3 is 0 Å². The van der Waals surface area contributed by atoms with Crippen molar-refractivity contribution in [3.63, 3.8) is 0 Å². The van der Waals surface area contributed by atoms with Gasteiger partial charge in [0.15, 0.2) is 5.82 Å². The number of carbonyl (C=O) groups is 1. The molecular weight excluding hydrogens is 522 g/mol. The van der Waals surface area contributed by atoms with Gasteiger partial charge in [-0.2, -0.15) is 0 Å². The number of piperazine rings is 1. The van der Waals surface area contributed by atoms with Gasteiger partial charge in [0, 0.05) is 44.7 Å². The van der Waals surface area contributed by atoms with Crippen molar-refractivity contribution >= 4 is 34.6 Å². The topological polar surface area (TPSA) is 104 Å². The Bertz CT molecular complexity index is 1380. The third kappa shape index (κ3) is 6.36. The summed E-state index contributed by atoms with van der Waals surface area (Å²) in [6.45, 7) is 11.0. The van der Waals surface area contributed by atoms with E-state index in [9.17, 15) is 4.79 Å². The number of nitrogens with one attached hydrogen (secondary N) is 2. The molecule has 1 amide bonds. The molecular formula is C30H37N7O4. The van der Waals surface area contributed by atoms with Gasteiger partial charge in [-0.15, -0.1) is 0 Å². The molecule has 0 saturated carbocycles. The highest BCUT2D eigenvalue weighted by Gasteiger charge is 2.30. The van der Waals surface area contributed by atoms with Crippen LogP contribution in [0, 0.1) is 0 Å². The smallest absolute Gasteiger partial charge is 0.247 e. The third-order valence-corrected chi connectivity index (χ3v) is 7.45. The molecule has 5 rings (SSSR count). The first kappa shape index (κ1) is 28.2. The highest BCUT2D eigenvalue weighted by Crippen LogP contribution is 2.40. The zero-order valence-electron chi connectivity index (χ0n) is 23.8. The number of aromatic nitrogens is 2. The molecule has 0 radical (unpaired) electrons. The van der Waals surface area contributed by atoms with Crippen LogP contribution in [0.2, 0.25) is 0 Å². The van der Waals surface area contributed by atoms with Gasteiger partial charge in [0.05, 0.1) is 43.9 Å². The molecule has 2 fully saturated rings. The molecule has 2 aromatic carbocycles. The van der Waals surface area contributed by atoms with Crippen LogP contribution in [-0.2, 0) is 9.63 Å². The second-order valence-corrected chi connectivity index (χ2v) is 9.81. The summed E-state index contributed by atoms with van der Waals surface area (Å²) >= 11 is 0. The van der Waals surface area contributed by atoms with E-state index in [0.29, 0.717) is 35.4 Å². The minimum absolute atomic E-state index is 0.0180. The number of hydrogen-bond donors (Lipinski definition) is 2. The summed E-state index contributed by atoms with van der Waals surface area (Å²) in [5.41, 5.74) is 3.29. The van der Waals surface area contributed by atoms with Crippen LogP contribution in [0.3, 0.4) is 0 Å². The van der Waals surface area contributed by atoms with Crippen LogP contribution in [-0.4, -0.2) is 74.3 Å². The van der Waals surface area contributed by atoms with Gasteiger partial charge < -0.3 is 29.9 Å². The molecule has 0 spiro atoms. The predicted octanol–water partition coefficient (Wildman–Crippen LogP) is 4.39. The lowest BCUT2D eigenvalue weighted by Crippen LogP contribution is -2.46. The molecule has 3 aromatic rings. The average Bonchev–Trinajstić information content (AvgIpc) is 3.52. The van der Waals surface area contributed by atoms with E-state index < -0.39 is 0 Å². The van der Waals surface area contributed by atoms with E-state index in [4.69, 9.17) is 14.3 Å². The summed E-state index contributed by atoms with van der Waals surface area (Å²) in [6.07, 6.45) is 3.58. The Kier molecular flexibility index (Phi) is 8.85. The molecule has 1 aromatic heterocycles. The summed E-state index contributed by atoms with van der Waals surface area (Å²) in [5.74, 6) is 2.31. The Morgan fingerprint density at radius 1 is 1.10 bits per heavy atom. The summed E-state index contributed by atoms with van der Waals surface area (Å²) in [4.78, 5) is 32.0. The Balaban J connectivity index is 1.42. The molecule has 41 heavy (non-hydrogen) atoms. The fraction of sp³-hybridized carbons (Fsp3) is 0.367. The number of hydrogen-bond acceptors (Lipinski definition) is 10. The van der Waals surface area contributed by atoms with E-state index in [1.807, 2.05) is 41.5 Å². The summed E-state index contributed by atoms with van der Waals surface area (Å²) < 4.78 is 11.2. The lowest BCUT2D eigenvalue weighted by atomic mass is 10.0. The van der Waals surface area contributed by atoms with Gasteiger partial charge in [-0.25, -0.2) is 15.0 Å². The fourth-order valence-corrected chi connectivity index (χ4v) is 5.21. The van der Waals surface area contributed by atoms with Gasteiger partial charge in [-0.3, -0.25) is 9.63 Å². The Hall–Kier alpha value is -4.35. The number of likely N-dealkylation sites (N-methyl/N-ethyl adjacent to an activating group) is 1. The van der Waals surface area contributed by atoms with E-state index in [1.165, 1.54) is 12.4 Å². The molecule has 2 aliphatic rings. The van der Waals surface area contributed by atoms with Gasteiger partial charge in [-0.05, 0) is 36.4 Å². The van der Waals surface area contributed by atoms with Gasteiger partial charge in [0.25, 0.3) is 0 Å². The SMILES string of the molecule is C=CC(=O)Nc1cc(Nc2cc(N3OCC[C@@H]3c3cccc(OC)c3)ncn2)c(OC)cc1N1CCN(CC)CC1. The summed E-state index contributed by atoms with van der Waals surface area (Å²) in [6, 6.07) is 13.6. The van der Waals surface area contributed by atoms with E-state index in [0.717, 1.165) is 56.1 Å². The van der Waals surface area contributed by atoms with Crippen molar-refractivity contribution in [2.45, 2.75) is 19.4 Å². The molecule has 2 saturated heterocycles. The molecule has 0 aliphatic carbocycles. The van der Waals surface area contributed by atoms with Crippen molar-refractivity contribution in [3.8, 4) is 11.5 Å². The number of amides is 1. The Labute approximate surface area is 240 Å². The lowest BCUT2D eigenvalue weighted by molar-refractivity contribution is -0.111. The maximum absolute atomic E-state index is 12.4. The van der Waals surface area contributed by atoms with Crippen molar-refractivity contribution in [2.24, 2.45) is 0 Å². The maximum atomic E-state index is 12.4. The number of carbonyl (C=O) groups excluding carboxylic acids is 1. The Morgan fingerprint density at radius 3 is 2.66 bits per heavy atom. The number of methoxy groups -OCH3 is 2.